The first-order valence-electron chi connectivity index (χ1n) is 7.67. The van der Waals surface area contributed by atoms with Crippen LogP contribution in [0.5, 0.6) is 0 Å². The molecule has 0 saturated heterocycles. The summed E-state index contributed by atoms with van der Waals surface area (Å²) >= 11 is 6.11. The molecule has 0 atom stereocenters. The summed E-state index contributed by atoms with van der Waals surface area (Å²) in [6.07, 6.45) is 5.35. The fourth-order valence-electron chi connectivity index (χ4n) is 2.10. The quantitative estimate of drug-likeness (QED) is 0.265. The molecule has 0 fully saturated rings. The van der Waals surface area contributed by atoms with Crippen LogP contribution in [0.4, 0.5) is 5.69 Å². The van der Waals surface area contributed by atoms with Gasteiger partial charge in [-0.05, 0) is 29.8 Å². The van der Waals surface area contributed by atoms with Gasteiger partial charge in [-0.15, -0.1) is 30.4 Å². The Morgan fingerprint density at radius 2 is 1.96 bits per heavy atom. The molecule has 0 radical (unpaired) electrons. The minimum Gasteiger partial charge on any atom is -0.352 e. The van der Waals surface area contributed by atoms with Crippen molar-refractivity contribution in [1.29, 1.82) is 0 Å². The van der Waals surface area contributed by atoms with Gasteiger partial charge in [-0.3, -0.25) is 9.79 Å². The first-order chi connectivity index (χ1) is 12.1. The molecule has 0 aliphatic heterocycles. The molecule has 0 unspecified atom stereocenters. The lowest BCUT2D eigenvalue weighted by Gasteiger charge is -2.13. The molecule has 1 amide bonds. The maximum atomic E-state index is 12.0. The average molecular weight is 483 g/mol. The number of benzene rings is 2. The Kier molecular flexibility index (Phi) is 9.55. The molecule has 0 aromatic heterocycles. The molecule has 26 heavy (non-hydrogen) atoms. The van der Waals surface area contributed by atoms with E-state index < -0.39 is 0 Å². The number of aliphatic imine (C=N–C) groups is 1. The van der Waals surface area contributed by atoms with Crippen molar-refractivity contribution in [2.45, 2.75) is 6.54 Å². The first kappa shape index (κ1) is 21.8. The third kappa shape index (κ3) is 6.94. The fourth-order valence-corrected chi connectivity index (χ4v) is 2.30. The third-order valence-corrected chi connectivity index (χ3v) is 3.73. The first-order valence-corrected chi connectivity index (χ1v) is 8.04. The highest BCUT2D eigenvalue weighted by Crippen LogP contribution is 2.14. The van der Waals surface area contributed by atoms with Crippen LogP contribution in [-0.4, -0.2) is 25.5 Å². The number of carbonyl (C=O) groups excluding carboxylic acids is 1. The standard InChI is InChI=1S/C19H19ClN4O.HI/c1-3-14-7-6-9-16(11-14)24-18(25)13-23-19(21-2)22-12-15-8-4-5-10-17(15)20;/h1,4-11H,12-13H2,2H3,(H,24,25)(H2,21,22,23);1H. The van der Waals surface area contributed by atoms with Crippen LogP contribution in [0.1, 0.15) is 11.1 Å². The van der Waals surface area contributed by atoms with E-state index >= 15 is 0 Å². The minimum absolute atomic E-state index is 0. The van der Waals surface area contributed by atoms with Crippen LogP contribution in [0.15, 0.2) is 53.5 Å². The van der Waals surface area contributed by atoms with Gasteiger partial charge in [0.1, 0.15) is 0 Å². The van der Waals surface area contributed by atoms with Gasteiger partial charge in [0.15, 0.2) is 5.96 Å². The maximum Gasteiger partial charge on any atom is 0.243 e. The minimum atomic E-state index is -0.199. The Hall–Kier alpha value is -2.24. The molecule has 2 rings (SSSR count). The van der Waals surface area contributed by atoms with Gasteiger partial charge in [0.05, 0.1) is 6.54 Å². The summed E-state index contributed by atoms with van der Waals surface area (Å²) in [6, 6.07) is 14.7. The van der Waals surface area contributed by atoms with Crippen molar-refractivity contribution < 1.29 is 4.79 Å². The van der Waals surface area contributed by atoms with E-state index in [0.717, 1.165) is 5.56 Å². The predicted molar refractivity (Wildman–Crippen MR) is 118 cm³/mol. The van der Waals surface area contributed by atoms with E-state index in [1.165, 1.54) is 0 Å². The number of guanidine groups is 1. The number of rotatable bonds is 5. The largest absolute Gasteiger partial charge is 0.352 e. The number of hydrogen-bond acceptors (Lipinski definition) is 2. The lowest BCUT2D eigenvalue weighted by Crippen LogP contribution is -2.41. The van der Waals surface area contributed by atoms with Gasteiger partial charge in [0.2, 0.25) is 5.91 Å². The van der Waals surface area contributed by atoms with Crippen molar-refractivity contribution in [3.8, 4) is 12.3 Å². The topological polar surface area (TPSA) is 65.5 Å². The Morgan fingerprint density at radius 3 is 2.65 bits per heavy atom. The molecule has 0 saturated carbocycles. The number of hydrogen-bond donors (Lipinski definition) is 3. The van der Waals surface area contributed by atoms with Gasteiger partial charge in [-0.1, -0.05) is 41.8 Å². The molecule has 0 spiro atoms. The fraction of sp³-hybridized carbons (Fsp3) is 0.158. The predicted octanol–water partition coefficient (Wildman–Crippen LogP) is 3.24. The Balaban J connectivity index is 0.00000338. The zero-order valence-electron chi connectivity index (χ0n) is 14.3. The van der Waals surface area contributed by atoms with Crippen molar-refractivity contribution in [1.82, 2.24) is 10.6 Å². The van der Waals surface area contributed by atoms with Crippen LogP contribution < -0.4 is 16.0 Å². The van der Waals surface area contributed by atoms with Gasteiger partial charge in [-0.25, -0.2) is 0 Å². The molecule has 0 heterocycles. The second kappa shape index (κ2) is 11.4. The summed E-state index contributed by atoms with van der Waals surface area (Å²) in [4.78, 5) is 16.1. The molecule has 5 nitrogen and oxygen atoms in total. The summed E-state index contributed by atoms with van der Waals surface area (Å²) in [7, 11) is 1.64. The van der Waals surface area contributed by atoms with Crippen LogP contribution >= 0.6 is 35.6 Å². The molecular formula is C19H20ClIN4O. The van der Waals surface area contributed by atoms with E-state index in [1.54, 1.807) is 31.3 Å². The highest BCUT2D eigenvalue weighted by atomic mass is 127. The van der Waals surface area contributed by atoms with Crippen LogP contribution in [-0.2, 0) is 11.3 Å². The lowest BCUT2D eigenvalue weighted by atomic mass is 10.2. The number of carbonyl (C=O) groups is 1. The third-order valence-electron chi connectivity index (χ3n) is 3.36. The molecule has 2 aromatic carbocycles. The Bertz CT molecular complexity index is 817. The number of nitrogens with one attached hydrogen (secondary N) is 3. The van der Waals surface area contributed by atoms with Gasteiger partial charge in [0.25, 0.3) is 0 Å². The molecule has 0 aliphatic rings. The number of halogens is 2. The van der Waals surface area contributed by atoms with Crippen molar-refractivity contribution in [3.63, 3.8) is 0 Å². The van der Waals surface area contributed by atoms with Crippen molar-refractivity contribution in [3.05, 3.63) is 64.7 Å². The van der Waals surface area contributed by atoms with Crippen molar-refractivity contribution in [2.75, 3.05) is 18.9 Å². The second-order valence-electron chi connectivity index (χ2n) is 5.14. The monoisotopic (exact) mass is 482 g/mol. The summed E-state index contributed by atoms with van der Waals surface area (Å²) in [6.45, 7) is 0.577. The Labute approximate surface area is 175 Å². The van der Waals surface area contributed by atoms with E-state index in [1.807, 2.05) is 24.3 Å². The maximum absolute atomic E-state index is 12.0. The van der Waals surface area contributed by atoms with Crippen LogP contribution in [0.25, 0.3) is 0 Å². The molecule has 3 N–H and O–H groups in total. The normalized spacial score (nSPS) is 10.3. The van der Waals surface area contributed by atoms with E-state index in [-0.39, 0.29) is 36.4 Å². The summed E-state index contributed by atoms with van der Waals surface area (Å²) in [5.41, 5.74) is 2.31. The van der Waals surface area contributed by atoms with E-state index in [0.29, 0.717) is 28.8 Å². The Morgan fingerprint density at radius 1 is 1.19 bits per heavy atom. The van der Waals surface area contributed by atoms with Gasteiger partial charge in [0, 0.05) is 29.9 Å². The number of amides is 1. The molecule has 0 aliphatic carbocycles. The van der Waals surface area contributed by atoms with E-state index in [4.69, 9.17) is 18.0 Å². The SMILES string of the molecule is C#Cc1cccc(NC(=O)CNC(=NC)NCc2ccccc2Cl)c1.I. The van der Waals surface area contributed by atoms with Crippen molar-refractivity contribution >= 4 is 53.1 Å². The zero-order chi connectivity index (χ0) is 18.1. The van der Waals surface area contributed by atoms with E-state index in [2.05, 4.69) is 26.9 Å². The highest BCUT2D eigenvalue weighted by molar-refractivity contribution is 14.0. The molecule has 136 valence electrons. The molecular weight excluding hydrogens is 463 g/mol. The summed E-state index contributed by atoms with van der Waals surface area (Å²) in [5, 5.41) is 9.52. The summed E-state index contributed by atoms with van der Waals surface area (Å²) < 4.78 is 0. The smallest absolute Gasteiger partial charge is 0.243 e. The van der Waals surface area contributed by atoms with Crippen LogP contribution in [0.2, 0.25) is 5.02 Å². The molecule has 7 heteroatoms. The van der Waals surface area contributed by atoms with Crippen molar-refractivity contribution in [2.24, 2.45) is 4.99 Å². The lowest BCUT2D eigenvalue weighted by molar-refractivity contribution is -0.115. The van der Waals surface area contributed by atoms with Gasteiger partial charge >= 0.3 is 0 Å². The number of terminal acetylenes is 1. The molecule has 0 bridgehead atoms. The van der Waals surface area contributed by atoms with Crippen LogP contribution in [0.3, 0.4) is 0 Å². The second-order valence-corrected chi connectivity index (χ2v) is 5.55. The number of nitrogens with zero attached hydrogens (tertiary/aromatic N) is 1. The van der Waals surface area contributed by atoms with Crippen LogP contribution in [0, 0.1) is 12.3 Å². The van der Waals surface area contributed by atoms with Gasteiger partial charge < -0.3 is 16.0 Å². The van der Waals surface area contributed by atoms with Gasteiger partial charge in [-0.2, -0.15) is 0 Å². The van der Waals surface area contributed by atoms with E-state index in [9.17, 15) is 4.79 Å². The number of anilines is 1. The molecule has 2 aromatic rings. The average Bonchev–Trinajstić information content (AvgIpc) is 2.63. The summed E-state index contributed by atoms with van der Waals surface area (Å²) in [5.74, 6) is 2.84. The highest BCUT2D eigenvalue weighted by Gasteiger charge is 2.06. The zero-order valence-corrected chi connectivity index (χ0v) is 17.3.